The maximum atomic E-state index is 12.6. The van der Waals surface area contributed by atoms with Gasteiger partial charge < -0.3 is 39.2 Å². The van der Waals surface area contributed by atoms with Crippen LogP contribution in [-0.2, 0) is 57.9 Å². The molecule has 314 valence electrons. The number of nitrogens with one attached hydrogen (secondary N) is 2. The minimum Gasteiger partial charge on any atom is -0.374 e. The van der Waals surface area contributed by atoms with Crippen molar-refractivity contribution in [2.75, 3.05) is 20.7 Å². The van der Waals surface area contributed by atoms with Gasteiger partial charge in [0.05, 0.1) is 56.9 Å². The van der Waals surface area contributed by atoms with Crippen LogP contribution >= 0.6 is 0 Å². The van der Waals surface area contributed by atoms with E-state index in [1.807, 2.05) is 54.6 Å². The molecule has 3 saturated heterocycles. The zero-order valence-electron chi connectivity index (χ0n) is 35.0. The van der Waals surface area contributed by atoms with Gasteiger partial charge in [0.25, 0.3) is 0 Å². The number of carbonyl (C=O) groups excluding carboxylic acids is 3. The second-order valence-electron chi connectivity index (χ2n) is 16.3. The normalized spacial score (nSPS) is 31.3. The third kappa shape index (κ3) is 10.4. The average molecular weight is 798 g/mol. The first kappa shape index (κ1) is 43.4. The lowest BCUT2D eigenvalue weighted by atomic mass is 9.79. The highest BCUT2D eigenvalue weighted by Gasteiger charge is 2.54. The van der Waals surface area contributed by atoms with E-state index >= 15 is 0 Å². The molecule has 0 bridgehead atoms. The Labute approximate surface area is 344 Å². The molecule has 3 amide bonds. The standard InChI is InChI=1S/C32H37NO5.C15H26N2O3/c1-33-32(34)26-17-27-28(18-26)38-29(22-35-19-23-11-5-2-6-12-23)31(37-21-25-15-9-4-10-16-25)30(27)36-20-24-13-7-3-8-14-24;1-6-12-8(2)9(3)14-13(20-12)7-11(15(19)16-5)17(14)10(4)18/h2-16,26-31H,17-22H2,1H3,(H,33,34);8-9,11-14H,6-7H2,1-5H3,(H,16,19)/t26-,27?,28+,29?,30-,31+;8-,9-,11-,12?,13+,14?/m00/s1. The molecule has 11 nitrogen and oxygen atoms in total. The van der Waals surface area contributed by atoms with Gasteiger partial charge in [0.1, 0.15) is 18.2 Å². The van der Waals surface area contributed by atoms with Gasteiger partial charge >= 0.3 is 0 Å². The van der Waals surface area contributed by atoms with Crippen molar-refractivity contribution in [1.29, 1.82) is 0 Å². The molecule has 0 radical (unpaired) electrons. The van der Waals surface area contributed by atoms with Crippen LogP contribution in [0.1, 0.15) is 70.1 Å². The fourth-order valence-electron chi connectivity index (χ4n) is 9.55. The summed E-state index contributed by atoms with van der Waals surface area (Å²) in [4.78, 5) is 38.4. The van der Waals surface area contributed by atoms with E-state index in [0.29, 0.717) is 57.5 Å². The Morgan fingerprint density at radius 1 is 0.672 bits per heavy atom. The Balaban J connectivity index is 0.000000239. The smallest absolute Gasteiger partial charge is 0.242 e. The minimum absolute atomic E-state index is 0.0163. The molecule has 2 N–H and O–H groups in total. The van der Waals surface area contributed by atoms with E-state index in [0.717, 1.165) is 23.1 Å². The largest absolute Gasteiger partial charge is 0.374 e. The Bertz CT molecular complexity index is 1750. The molecular formula is C47H63N3O8. The first-order chi connectivity index (χ1) is 28.1. The topological polar surface area (TPSA) is 125 Å². The number of carbonyl (C=O) groups is 3. The minimum atomic E-state index is -0.391. The van der Waals surface area contributed by atoms with Crippen LogP contribution in [0, 0.1) is 23.7 Å². The predicted octanol–water partition coefficient (Wildman–Crippen LogP) is 6.09. The number of benzene rings is 3. The number of fused-ring (bicyclic) bond motifs is 2. The van der Waals surface area contributed by atoms with E-state index < -0.39 is 6.04 Å². The molecule has 0 aromatic heterocycles. The number of likely N-dealkylation sites (N-methyl/N-ethyl adjacent to an activating group) is 1. The zero-order valence-corrected chi connectivity index (χ0v) is 35.0. The molecule has 12 atom stereocenters. The third-order valence-electron chi connectivity index (χ3n) is 12.7. The van der Waals surface area contributed by atoms with Crippen molar-refractivity contribution >= 4 is 17.7 Å². The van der Waals surface area contributed by atoms with Crippen molar-refractivity contribution in [2.24, 2.45) is 23.7 Å². The van der Waals surface area contributed by atoms with Crippen molar-refractivity contribution in [1.82, 2.24) is 15.5 Å². The average Bonchev–Trinajstić information content (AvgIpc) is 3.87. The van der Waals surface area contributed by atoms with E-state index in [-0.39, 0.29) is 72.2 Å². The van der Waals surface area contributed by atoms with Crippen LogP contribution in [0.3, 0.4) is 0 Å². The lowest BCUT2D eigenvalue weighted by Crippen LogP contribution is -2.56. The van der Waals surface area contributed by atoms with E-state index in [9.17, 15) is 14.4 Å². The van der Waals surface area contributed by atoms with Crippen LogP contribution in [0.25, 0.3) is 0 Å². The second-order valence-corrected chi connectivity index (χ2v) is 16.3. The van der Waals surface area contributed by atoms with Gasteiger partial charge in [-0.2, -0.15) is 0 Å². The van der Waals surface area contributed by atoms with Gasteiger partial charge in [0.2, 0.25) is 17.7 Å². The van der Waals surface area contributed by atoms with Gasteiger partial charge in [-0.1, -0.05) is 112 Å². The third-order valence-corrected chi connectivity index (χ3v) is 12.7. The van der Waals surface area contributed by atoms with Crippen molar-refractivity contribution in [3.63, 3.8) is 0 Å². The first-order valence-corrected chi connectivity index (χ1v) is 21.1. The Morgan fingerprint density at radius 3 is 1.74 bits per heavy atom. The van der Waals surface area contributed by atoms with Gasteiger partial charge in [0, 0.05) is 39.3 Å². The van der Waals surface area contributed by atoms with E-state index in [1.54, 1.807) is 25.9 Å². The van der Waals surface area contributed by atoms with Gasteiger partial charge in [-0.15, -0.1) is 0 Å². The fourth-order valence-corrected chi connectivity index (χ4v) is 9.55. The van der Waals surface area contributed by atoms with E-state index in [2.05, 4.69) is 67.8 Å². The summed E-state index contributed by atoms with van der Waals surface area (Å²) in [6.07, 6.45) is 2.23. The Morgan fingerprint density at radius 2 is 1.21 bits per heavy atom. The molecule has 4 fully saturated rings. The van der Waals surface area contributed by atoms with Crippen molar-refractivity contribution in [3.05, 3.63) is 108 Å². The molecule has 3 aliphatic heterocycles. The fraction of sp³-hybridized carbons (Fsp3) is 0.553. The number of hydrogen-bond acceptors (Lipinski definition) is 8. The van der Waals surface area contributed by atoms with Crippen molar-refractivity contribution < 1.29 is 38.1 Å². The monoisotopic (exact) mass is 797 g/mol. The zero-order chi connectivity index (χ0) is 41.2. The van der Waals surface area contributed by atoms with Crippen LogP contribution < -0.4 is 10.6 Å². The van der Waals surface area contributed by atoms with Crippen LogP contribution in [0.5, 0.6) is 0 Å². The number of amides is 3. The summed E-state index contributed by atoms with van der Waals surface area (Å²) in [6.45, 7) is 9.83. The molecule has 4 aliphatic rings. The highest BCUT2D eigenvalue weighted by Crippen LogP contribution is 2.44. The summed E-state index contributed by atoms with van der Waals surface area (Å²) in [7, 11) is 3.31. The summed E-state index contributed by atoms with van der Waals surface area (Å²) in [6, 6.07) is 30.1. The van der Waals surface area contributed by atoms with Crippen molar-refractivity contribution in [3.8, 4) is 0 Å². The van der Waals surface area contributed by atoms with Crippen LogP contribution in [0.2, 0.25) is 0 Å². The SMILES string of the molecule is CCC1O[C@@H]2C[C@@H](C(=O)NC)N(C(C)=O)C2[C@@H](C)[C@@H]1C.CNC(=O)[C@H]1CC2[C@@H](C1)OC(COCc1ccccc1)[C@@H](OCc1ccccc1)[C@H]2OCc1ccccc1. The maximum Gasteiger partial charge on any atom is 0.242 e. The number of ether oxygens (including phenoxy) is 5. The lowest BCUT2D eigenvalue weighted by Gasteiger charge is -2.44. The number of likely N-dealkylation sites (tertiary alicyclic amines) is 1. The van der Waals surface area contributed by atoms with E-state index in [4.69, 9.17) is 23.7 Å². The summed E-state index contributed by atoms with van der Waals surface area (Å²) in [5.41, 5.74) is 3.31. The van der Waals surface area contributed by atoms with Gasteiger partial charge in [-0.05, 0) is 47.8 Å². The summed E-state index contributed by atoms with van der Waals surface area (Å²) < 4.78 is 32.2. The first-order valence-electron chi connectivity index (χ1n) is 21.1. The quantitative estimate of drug-likeness (QED) is 0.213. The summed E-state index contributed by atoms with van der Waals surface area (Å²) in [5.74, 6) is 0.630. The van der Waals surface area contributed by atoms with Gasteiger partial charge in [-0.25, -0.2) is 0 Å². The second kappa shape index (κ2) is 20.7. The number of hydrogen-bond donors (Lipinski definition) is 2. The molecule has 0 spiro atoms. The Kier molecular flexibility index (Phi) is 15.5. The molecule has 11 heteroatoms. The molecule has 3 aromatic rings. The predicted molar refractivity (Wildman–Crippen MR) is 221 cm³/mol. The molecule has 3 heterocycles. The molecule has 58 heavy (non-hydrogen) atoms. The van der Waals surface area contributed by atoms with Crippen LogP contribution in [-0.4, -0.2) is 92.0 Å². The molecule has 3 aromatic carbocycles. The molecule has 1 saturated carbocycles. The molecule has 1 aliphatic carbocycles. The number of nitrogens with zero attached hydrogens (tertiary/aromatic N) is 1. The van der Waals surface area contributed by atoms with Gasteiger partial charge in [-0.3, -0.25) is 14.4 Å². The van der Waals surface area contributed by atoms with Crippen LogP contribution in [0.4, 0.5) is 0 Å². The summed E-state index contributed by atoms with van der Waals surface area (Å²) >= 11 is 0. The van der Waals surface area contributed by atoms with E-state index in [1.165, 1.54) is 0 Å². The highest BCUT2D eigenvalue weighted by atomic mass is 16.6. The lowest BCUT2D eigenvalue weighted by molar-refractivity contribution is -0.238. The number of rotatable bonds is 13. The van der Waals surface area contributed by atoms with Gasteiger partial charge in [0.15, 0.2) is 0 Å². The molecule has 7 rings (SSSR count). The summed E-state index contributed by atoms with van der Waals surface area (Å²) in [5, 5.41) is 5.48. The Hall–Kier alpha value is -4.13. The highest BCUT2D eigenvalue weighted by molar-refractivity contribution is 5.87. The molecular weight excluding hydrogens is 735 g/mol. The maximum absolute atomic E-state index is 12.6. The van der Waals surface area contributed by atoms with Crippen molar-refractivity contribution in [2.45, 2.75) is 122 Å². The van der Waals surface area contributed by atoms with Crippen LogP contribution in [0.15, 0.2) is 91.0 Å². The molecule has 4 unspecified atom stereocenters.